The summed E-state index contributed by atoms with van der Waals surface area (Å²) in [5, 5.41) is 0. The second-order valence-corrected chi connectivity index (χ2v) is 6.10. The molecule has 0 aliphatic carbocycles. The Kier molecular flexibility index (Phi) is 6.22. The maximum atomic E-state index is 12.0. The molecular weight excluding hydrogens is 344 g/mol. The first kappa shape index (κ1) is 18.7. The Labute approximate surface area is 158 Å². The Hall–Kier alpha value is -3.12. The van der Waals surface area contributed by atoms with Gasteiger partial charge in [-0.1, -0.05) is 35.9 Å². The third kappa shape index (κ3) is 5.43. The molecule has 0 spiro atoms. The predicted molar refractivity (Wildman–Crippen MR) is 101 cm³/mol. The van der Waals surface area contributed by atoms with E-state index in [1.807, 2.05) is 61.5 Å². The molecule has 0 unspecified atom stereocenters. The highest BCUT2D eigenvalue weighted by Crippen LogP contribution is 2.22. The highest BCUT2D eigenvalue weighted by molar-refractivity contribution is 5.77. The van der Waals surface area contributed by atoms with E-state index in [2.05, 4.69) is 10.5 Å². The Balaban J connectivity index is 1.45. The highest BCUT2D eigenvalue weighted by Gasteiger charge is 2.15. The number of carbonyl (C=O) groups is 1. The van der Waals surface area contributed by atoms with E-state index >= 15 is 0 Å². The van der Waals surface area contributed by atoms with Gasteiger partial charge in [-0.15, -0.1) is 0 Å². The molecule has 0 radical (unpaired) electrons. The lowest BCUT2D eigenvalue weighted by molar-refractivity contribution is -0.133. The largest absolute Gasteiger partial charge is 0.491 e. The van der Waals surface area contributed by atoms with E-state index in [0.29, 0.717) is 24.0 Å². The van der Waals surface area contributed by atoms with Crippen LogP contribution in [0.25, 0.3) is 11.5 Å². The van der Waals surface area contributed by atoms with Crippen molar-refractivity contribution in [3.63, 3.8) is 0 Å². The number of aromatic nitrogens is 1. The van der Waals surface area contributed by atoms with E-state index in [1.54, 1.807) is 6.92 Å². The number of hydroxylamine groups is 1. The first-order valence-electron chi connectivity index (χ1n) is 8.73. The van der Waals surface area contributed by atoms with Gasteiger partial charge in [0.15, 0.2) is 0 Å². The average molecular weight is 366 g/mol. The smallest absolute Gasteiger partial charge is 0.249 e. The molecule has 0 fully saturated rings. The first-order chi connectivity index (χ1) is 13.1. The SMILES string of the molecule is Cc1cccc(-c2nc(CC(=O)NOCCOc3ccccc3)c(C)o2)c1. The number of para-hydroxylation sites is 1. The van der Waals surface area contributed by atoms with E-state index in [-0.39, 0.29) is 18.9 Å². The lowest BCUT2D eigenvalue weighted by atomic mass is 10.1. The molecule has 27 heavy (non-hydrogen) atoms. The Morgan fingerprint density at radius 1 is 1.07 bits per heavy atom. The summed E-state index contributed by atoms with van der Waals surface area (Å²) < 4.78 is 11.2. The summed E-state index contributed by atoms with van der Waals surface area (Å²) in [6.45, 7) is 4.38. The van der Waals surface area contributed by atoms with E-state index in [4.69, 9.17) is 14.0 Å². The lowest BCUT2D eigenvalue weighted by Crippen LogP contribution is -2.27. The molecule has 1 heterocycles. The molecule has 0 atom stereocenters. The molecule has 0 aliphatic heterocycles. The minimum absolute atomic E-state index is 0.0840. The number of ether oxygens (including phenoxy) is 1. The summed E-state index contributed by atoms with van der Waals surface area (Å²) in [5.74, 6) is 1.60. The summed E-state index contributed by atoms with van der Waals surface area (Å²) in [6, 6.07) is 17.3. The van der Waals surface area contributed by atoms with Crippen molar-refractivity contribution in [3.8, 4) is 17.2 Å². The Morgan fingerprint density at radius 2 is 1.89 bits per heavy atom. The number of amides is 1. The number of nitrogens with one attached hydrogen (secondary N) is 1. The number of nitrogens with zero attached hydrogens (tertiary/aromatic N) is 1. The van der Waals surface area contributed by atoms with Crippen LogP contribution in [0.4, 0.5) is 0 Å². The second-order valence-electron chi connectivity index (χ2n) is 6.10. The van der Waals surface area contributed by atoms with Gasteiger partial charge < -0.3 is 9.15 Å². The van der Waals surface area contributed by atoms with Gasteiger partial charge in [-0.25, -0.2) is 10.5 Å². The summed E-state index contributed by atoms with van der Waals surface area (Å²) in [5.41, 5.74) is 5.00. The van der Waals surface area contributed by atoms with Gasteiger partial charge in [0, 0.05) is 5.56 Å². The van der Waals surface area contributed by atoms with Crippen LogP contribution in [0.15, 0.2) is 59.0 Å². The fraction of sp³-hybridized carbons (Fsp3) is 0.238. The Bertz CT molecular complexity index is 890. The third-order valence-corrected chi connectivity index (χ3v) is 3.87. The molecular formula is C21H22N2O4. The zero-order valence-corrected chi connectivity index (χ0v) is 15.4. The molecule has 1 amide bonds. The van der Waals surface area contributed by atoms with Crippen LogP contribution in [-0.2, 0) is 16.1 Å². The molecule has 0 bridgehead atoms. The summed E-state index contributed by atoms with van der Waals surface area (Å²) in [6.07, 6.45) is 0.0840. The van der Waals surface area contributed by atoms with Crippen LogP contribution in [0.3, 0.4) is 0 Å². The van der Waals surface area contributed by atoms with Gasteiger partial charge in [0.1, 0.15) is 24.7 Å². The van der Waals surface area contributed by atoms with E-state index in [0.717, 1.165) is 16.9 Å². The quantitative estimate of drug-likeness (QED) is 0.487. The van der Waals surface area contributed by atoms with Crippen molar-refractivity contribution in [3.05, 3.63) is 71.6 Å². The van der Waals surface area contributed by atoms with Crippen molar-refractivity contribution >= 4 is 5.91 Å². The average Bonchev–Trinajstić information content (AvgIpc) is 3.03. The molecule has 6 heteroatoms. The van der Waals surface area contributed by atoms with Crippen LogP contribution in [0, 0.1) is 13.8 Å². The number of rotatable bonds is 8. The minimum Gasteiger partial charge on any atom is -0.491 e. The van der Waals surface area contributed by atoms with Gasteiger partial charge in [0.2, 0.25) is 11.8 Å². The minimum atomic E-state index is -0.290. The summed E-state index contributed by atoms with van der Waals surface area (Å²) in [4.78, 5) is 21.6. The zero-order valence-electron chi connectivity index (χ0n) is 15.4. The zero-order chi connectivity index (χ0) is 19.1. The van der Waals surface area contributed by atoms with Gasteiger partial charge in [0.25, 0.3) is 0 Å². The van der Waals surface area contributed by atoms with Crippen molar-refractivity contribution in [2.45, 2.75) is 20.3 Å². The molecule has 6 nitrogen and oxygen atoms in total. The topological polar surface area (TPSA) is 73.6 Å². The van der Waals surface area contributed by atoms with Gasteiger partial charge >= 0.3 is 0 Å². The monoisotopic (exact) mass is 366 g/mol. The van der Waals surface area contributed by atoms with Gasteiger partial charge in [-0.2, -0.15) is 0 Å². The van der Waals surface area contributed by atoms with Crippen molar-refractivity contribution < 1.29 is 18.8 Å². The van der Waals surface area contributed by atoms with Crippen molar-refractivity contribution in [1.82, 2.24) is 10.5 Å². The van der Waals surface area contributed by atoms with Gasteiger partial charge in [-0.3, -0.25) is 9.63 Å². The Morgan fingerprint density at radius 3 is 2.67 bits per heavy atom. The molecule has 3 aromatic rings. The van der Waals surface area contributed by atoms with Crippen LogP contribution >= 0.6 is 0 Å². The summed E-state index contributed by atoms with van der Waals surface area (Å²) >= 11 is 0. The van der Waals surface area contributed by atoms with Crippen molar-refractivity contribution in [1.29, 1.82) is 0 Å². The number of aryl methyl sites for hydroxylation is 2. The van der Waals surface area contributed by atoms with Crippen molar-refractivity contribution in [2.24, 2.45) is 0 Å². The van der Waals surface area contributed by atoms with E-state index in [1.165, 1.54) is 0 Å². The molecule has 0 aliphatic rings. The van der Waals surface area contributed by atoms with Crippen LogP contribution < -0.4 is 10.2 Å². The maximum Gasteiger partial charge on any atom is 0.249 e. The number of benzene rings is 2. The second kappa shape index (κ2) is 9.00. The van der Waals surface area contributed by atoms with Crippen LogP contribution in [0.1, 0.15) is 17.0 Å². The maximum absolute atomic E-state index is 12.0. The molecule has 0 saturated carbocycles. The molecule has 0 saturated heterocycles. The number of hydrogen-bond acceptors (Lipinski definition) is 5. The summed E-state index contributed by atoms with van der Waals surface area (Å²) in [7, 11) is 0. The number of oxazole rings is 1. The van der Waals surface area contributed by atoms with Gasteiger partial charge in [0.05, 0.1) is 12.1 Å². The molecule has 1 N–H and O–H groups in total. The van der Waals surface area contributed by atoms with E-state index < -0.39 is 0 Å². The standard InChI is InChI=1S/C21H22N2O4/c1-15-7-6-8-17(13-15)21-22-19(16(2)27-21)14-20(24)23-26-12-11-25-18-9-4-3-5-10-18/h3-10,13H,11-12,14H2,1-2H3,(H,23,24). The lowest BCUT2D eigenvalue weighted by Gasteiger charge is -2.07. The molecule has 1 aromatic heterocycles. The highest BCUT2D eigenvalue weighted by atomic mass is 16.7. The predicted octanol–water partition coefficient (Wildman–Crippen LogP) is 3.63. The molecule has 2 aromatic carbocycles. The number of hydrogen-bond donors (Lipinski definition) is 1. The first-order valence-corrected chi connectivity index (χ1v) is 8.73. The van der Waals surface area contributed by atoms with E-state index in [9.17, 15) is 4.79 Å². The normalized spacial score (nSPS) is 10.6. The van der Waals surface area contributed by atoms with Gasteiger partial charge in [-0.05, 0) is 38.1 Å². The number of carbonyl (C=O) groups excluding carboxylic acids is 1. The molecule has 3 rings (SSSR count). The third-order valence-electron chi connectivity index (χ3n) is 3.87. The fourth-order valence-corrected chi connectivity index (χ4v) is 2.53. The fourth-order valence-electron chi connectivity index (χ4n) is 2.53. The van der Waals surface area contributed by atoms with Crippen LogP contribution in [-0.4, -0.2) is 24.1 Å². The van der Waals surface area contributed by atoms with Crippen molar-refractivity contribution in [2.75, 3.05) is 13.2 Å². The van der Waals surface area contributed by atoms with Crippen LogP contribution in [0.5, 0.6) is 5.75 Å². The molecule has 140 valence electrons. The van der Waals surface area contributed by atoms with Crippen LogP contribution in [0.2, 0.25) is 0 Å².